The van der Waals surface area contributed by atoms with Gasteiger partial charge in [-0.25, -0.2) is 15.0 Å². The molecule has 0 saturated heterocycles. The molecule has 1 N–H and O–H groups in total. The molecule has 0 aliphatic rings. The summed E-state index contributed by atoms with van der Waals surface area (Å²) in [5, 5.41) is 9.60. The first-order chi connectivity index (χ1) is 15.9. The zero-order chi connectivity index (χ0) is 23.4. The van der Waals surface area contributed by atoms with Crippen LogP contribution in [-0.4, -0.2) is 26.7 Å². The number of phenolic OH excluding ortho intramolecular Hbond substituents is 1. The van der Waals surface area contributed by atoms with Crippen molar-refractivity contribution in [1.29, 1.82) is 0 Å². The number of hydrogen-bond donors (Lipinski definition) is 1. The zero-order valence-electron chi connectivity index (χ0n) is 19.6. The first-order valence-electron chi connectivity index (χ1n) is 11.2. The third-order valence-electron chi connectivity index (χ3n) is 5.56. The maximum absolute atomic E-state index is 9.60. The lowest BCUT2D eigenvalue weighted by Gasteiger charge is -2.12. The Labute approximate surface area is 195 Å². The molecule has 5 heteroatoms. The van der Waals surface area contributed by atoms with Gasteiger partial charge < -0.3 is 9.84 Å². The topological polar surface area (TPSA) is 68.1 Å². The molecular formula is C28H29N3O2. The van der Waals surface area contributed by atoms with E-state index in [1.54, 1.807) is 18.2 Å². The van der Waals surface area contributed by atoms with Gasteiger partial charge in [-0.15, -0.1) is 0 Å². The summed E-state index contributed by atoms with van der Waals surface area (Å²) in [5.41, 5.74) is 6.75. The number of aryl methyl sites for hydroxylation is 5. The summed E-state index contributed by atoms with van der Waals surface area (Å²) in [5.74, 6) is 2.98. The number of nitrogens with zero attached hydrogens (tertiary/aromatic N) is 3. The second-order valence-electron chi connectivity index (χ2n) is 8.48. The van der Waals surface area contributed by atoms with Crippen LogP contribution < -0.4 is 4.74 Å². The molecule has 0 spiro atoms. The van der Waals surface area contributed by atoms with Crippen LogP contribution in [0.4, 0.5) is 0 Å². The Kier molecular flexibility index (Phi) is 6.68. The van der Waals surface area contributed by atoms with Gasteiger partial charge in [0.25, 0.3) is 0 Å². The van der Waals surface area contributed by atoms with E-state index in [9.17, 15) is 5.11 Å². The molecule has 0 unspecified atom stereocenters. The summed E-state index contributed by atoms with van der Waals surface area (Å²) in [7, 11) is 0. The number of benzene rings is 3. The van der Waals surface area contributed by atoms with Crippen LogP contribution in [0.2, 0.25) is 0 Å². The largest absolute Gasteiger partial charge is 0.508 e. The van der Waals surface area contributed by atoms with Crippen molar-refractivity contribution >= 4 is 0 Å². The van der Waals surface area contributed by atoms with E-state index in [-0.39, 0.29) is 5.75 Å². The highest BCUT2D eigenvalue weighted by Gasteiger charge is 2.14. The first kappa shape index (κ1) is 22.5. The Balaban J connectivity index is 1.62. The minimum atomic E-state index is 0.196. The average Bonchev–Trinajstić information content (AvgIpc) is 2.76. The van der Waals surface area contributed by atoms with E-state index in [1.807, 2.05) is 6.07 Å². The van der Waals surface area contributed by atoms with Crippen molar-refractivity contribution in [2.45, 2.75) is 40.5 Å². The summed E-state index contributed by atoms with van der Waals surface area (Å²) in [6, 6.07) is 19.5. The Morgan fingerprint density at radius 3 is 1.88 bits per heavy atom. The van der Waals surface area contributed by atoms with Crippen molar-refractivity contribution in [2.75, 3.05) is 6.61 Å². The van der Waals surface area contributed by atoms with Crippen LogP contribution >= 0.6 is 0 Å². The molecule has 0 aliphatic heterocycles. The van der Waals surface area contributed by atoms with E-state index in [4.69, 9.17) is 19.7 Å². The van der Waals surface area contributed by atoms with Gasteiger partial charge in [0.2, 0.25) is 0 Å². The number of hydrogen-bond acceptors (Lipinski definition) is 5. The maximum atomic E-state index is 9.60. The highest BCUT2D eigenvalue weighted by Crippen LogP contribution is 2.26. The fraction of sp³-hybridized carbons (Fsp3) is 0.250. The molecule has 0 aliphatic carbocycles. The lowest BCUT2D eigenvalue weighted by atomic mass is 10.0. The predicted octanol–water partition coefficient (Wildman–Crippen LogP) is 6.16. The van der Waals surface area contributed by atoms with Crippen LogP contribution in [0.5, 0.6) is 11.5 Å². The molecule has 0 radical (unpaired) electrons. The number of phenols is 1. The molecule has 0 bridgehead atoms. The van der Waals surface area contributed by atoms with Crippen molar-refractivity contribution in [3.05, 3.63) is 88.7 Å². The molecular weight excluding hydrogens is 410 g/mol. The number of ether oxygens (including phenoxy) is 1. The average molecular weight is 440 g/mol. The van der Waals surface area contributed by atoms with Gasteiger partial charge in [0.05, 0.1) is 6.61 Å². The Morgan fingerprint density at radius 1 is 0.727 bits per heavy atom. The molecule has 33 heavy (non-hydrogen) atoms. The van der Waals surface area contributed by atoms with E-state index in [2.05, 4.69) is 64.1 Å². The Bertz CT molecular complexity index is 1210. The minimum absolute atomic E-state index is 0.196. The summed E-state index contributed by atoms with van der Waals surface area (Å²) in [6.07, 6.45) is 1.41. The van der Waals surface area contributed by atoms with Crippen LogP contribution in [0.3, 0.4) is 0 Å². The van der Waals surface area contributed by atoms with Gasteiger partial charge in [-0.3, -0.25) is 0 Å². The maximum Gasteiger partial charge on any atom is 0.163 e. The van der Waals surface area contributed by atoms with Gasteiger partial charge in [0.15, 0.2) is 11.6 Å². The van der Waals surface area contributed by atoms with Gasteiger partial charge in [0, 0.05) is 23.6 Å². The molecule has 4 aromatic rings. The molecule has 4 rings (SSSR count). The fourth-order valence-electron chi connectivity index (χ4n) is 3.90. The van der Waals surface area contributed by atoms with Crippen LogP contribution in [0, 0.1) is 27.7 Å². The summed E-state index contributed by atoms with van der Waals surface area (Å²) < 4.78 is 5.77. The smallest absolute Gasteiger partial charge is 0.163 e. The van der Waals surface area contributed by atoms with Crippen LogP contribution in [-0.2, 0) is 6.42 Å². The van der Waals surface area contributed by atoms with E-state index in [1.165, 1.54) is 11.1 Å². The SMILES string of the molecule is Cc1ccc(-c2nc(CCCOc3cccc(O)c3)nc(-c3ccc(C)cc3C)n2)c(C)c1. The molecule has 3 aromatic carbocycles. The third kappa shape index (κ3) is 5.55. The van der Waals surface area contributed by atoms with E-state index in [0.29, 0.717) is 30.4 Å². The van der Waals surface area contributed by atoms with Crippen LogP contribution in [0.15, 0.2) is 60.7 Å². The molecule has 1 heterocycles. The quantitative estimate of drug-likeness (QED) is 0.350. The summed E-state index contributed by atoms with van der Waals surface area (Å²) in [4.78, 5) is 14.5. The number of aromatic nitrogens is 3. The number of aromatic hydroxyl groups is 1. The van der Waals surface area contributed by atoms with Gasteiger partial charge in [-0.1, -0.05) is 53.6 Å². The van der Waals surface area contributed by atoms with Gasteiger partial charge in [-0.05, 0) is 57.4 Å². The monoisotopic (exact) mass is 439 g/mol. The molecule has 0 atom stereocenters. The normalized spacial score (nSPS) is 10.9. The van der Waals surface area contributed by atoms with Gasteiger partial charge in [0.1, 0.15) is 17.3 Å². The molecule has 168 valence electrons. The number of rotatable bonds is 7. The highest BCUT2D eigenvalue weighted by atomic mass is 16.5. The van der Waals surface area contributed by atoms with E-state index in [0.717, 1.165) is 34.5 Å². The third-order valence-corrected chi connectivity index (χ3v) is 5.56. The van der Waals surface area contributed by atoms with Crippen molar-refractivity contribution in [1.82, 2.24) is 15.0 Å². The summed E-state index contributed by atoms with van der Waals surface area (Å²) >= 11 is 0. The Hall–Kier alpha value is -3.73. The first-order valence-corrected chi connectivity index (χ1v) is 11.2. The van der Waals surface area contributed by atoms with Crippen molar-refractivity contribution in [3.8, 4) is 34.3 Å². The highest BCUT2D eigenvalue weighted by molar-refractivity contribution is 5.66. The van der Waals surface area contributed by atoms with Crippen molar-refractivity contribution in [3.63, 3.8) is 0 Å². The molecule has 0 amide bonds. The molecule has 1 aromatic heterocycles. The molecule has 0 saturated carbocycles. The standard InChI is InChI=1S/C28H29N3O2/c1-18-10-12-24(20(3)15-18)27-29-26(9-6-14-33-23-8-5-7-22(32)17-23)30-28(31-27)25-13-11-19(2)16-21(25)4/h5,7-8,10-13,15-17,32H,6,9,14H2,1-4H3. The van der Waals surface area contributed by atoms with Crippen molar-refractivity contribution < 1.29 is 9.84 Å². The van der Waals surface area contributed by atoms with E-state index < -0.39 is 0 Å². The molecule has 5 nitrogen and oxygen atoms in total. The second kappa shape index (κ2) is 9.82. The predicted molar refractivity (Wildman–Crippen MR) is 132 cm³/mol. The lowest BCUT2D eigenvalue weighted by molar-refractivity contribution is 0.308. The van der Waals surface area contributed by atoms with E-state index >= 15 is 0 Å². The van der Waals surface area contributed by atoms with Crippen LogP contribution in [0.25, 0.3) is 22.8 Å². The van der Waals surface area contributed by atoms with Gasteiger partial charge in [-0.2, -0.15) is 0 Å². The lowest BCUT2D eigenvalue weighted by Crippen LogP contribution is -2.07. The minimum Gasteiger partial charge on any atom is -0.508 e. The van der Waals surface area contributed by atoms with Crippen LogP contribution in [0.1, 0.15) is 34.5 Å². The fourth-order valence-corrected chi connectivity index (χ4v) is 3.90. The van der Waals surface area contributed by atoms with Crippen molar-refractivity contribution in [2.24, 2.45) is 0 Å². The summed E-state index contributed by atoms with van der Waals surface area (Å²) in [6.45, 7) is 8.86. The molecule has 0 fully saturated rings. The zero-order valence-corrected chi connectivity index (χ0v) is 19.6. The Morgan fingerprint density at radius 2 is 1.33 bits per heavy atom. The van der Waals surface area contributed by atoms with Gasteiger partial charge >= 0.3 is 0 Å². The second-order valence-corrected chi connectivity index (χ2v) is 8.48.